The highest BCUT2D eigenvalue weighted by atomic mass is 32.2. The predicted octanol–water partition coefficient (Wildman–Crippen LogP) is -1.23. The Kier molecular flexibility index (Phi) is 5.77. The Hall–Kier alpha value is -0.920. The number of nitrogens with one attached hydrogen (secondary N) is 1. The molecular formula is C11H20N2O4S. The normalized spacial score (nSPS) is 22.4. The first-order valence-corrected chi connectivity index (χ1v) is 7.74. The van der Waals surface area contributed by atoms with E-state index in [4.69, 9.17) is 5.11 Å². The SMILES string of the molecule is C=CCN(CCO)C(=O)CC1CS(=O)(=O)CCN1. The standard InChI is InChI=1S/C11H20N2O4S/c1-2-4-13(5-6-14)11(15)8-10-9-18(16,17)7-3-12-10/h2,10,12,14H,1,3-9H2. The lowest BCUT2D eigenvalue weighted by Crippen LogP contribution is -2.48. The third-order valence-electron chi connectivity index (χ3n) is 2.79. The number of rotatable bonds is 6. The summed E-state index contributed by atoms with van der Waals surface area (Å²) in [5.74, 6) is -0.0385. The van der Waals surface area contributed by atoms with Crippen LogP contribution < -0.4 is 5.32 Å². The van der Waals surface area contributed by atoms with Gasteiger partial charge >= 0.3 is 0 Å². The highest BCUT2D eigenvalue weighted by Crippen LogP contribution is 2.07. The Labute approximate surface area is 108 Å². The number of hydrogen-bond acceptors (Lipinski definition) is 5. The Balaban J connectivity index is 2.54. The molecular weight excluding hydrogens is 256 g/mol. The van der Waals surface area contributed by atoms with Gasteiger partial charge in [0.2, 0.25) is 5.91 Å². The van der Waals surface area contributed by atoms with Crippen LogP contribution in [-0.2, 0) is 14.6 Å². The molecule has 0 aliphatic carbocycles. The molecule has 1 atom stereocenters. The van der Waals surface area contributed by atoms with E-state index in [0.717, 1.165) is 0 Å². The second kappa shape index (κ2) is 6.86. The van der Waals surface area contributed by atoms with Crippen LogP contribution in [0.3, 0.4) is 0 Å². The molecule has 1 rings (SSSR count). The first-order valence-electron chi connectivity index (χ1n) is 5.92. The van der Waals surface area contributed by atoms with Crippen molar-refractivity contribution in [1.29, 1.82) is 0 Å². The first kappa shape index (κ1) is 15.1. The molecule has 0 aromatic rings. The van der Waals surface area contributed by atoms with E-state index in [1.54, 1.807) is 6.08 Å². The molecule has 7 heteroatoms. The lowest BCUT2D eigenvalue weighted by atomic mass is 10.2. The second-order valence-corrected chi connectivity index (χ2v) is 6.55. The van der Waals surface area contributed by atoms with Crippen LogP contribution in [0.5, 0.6) is 0 Å². The smallest absolute Gasteiger partial charge is 0.224 e. The monoisotopic (exact) mass is 276 g/mol. The van der Waals surface area contributed by atoms with Gasteiger partial charge in [-0.1, -0.05) is 6.08 Å². The number of nitrogens with zero attached hydrogens (tertiary/aromatic N) is 1. The molecule has 1 aliphatic rings. The van der Waals surface area contributed by atoms with Gasteiger partial charge < -0.3 is 15.3 Å². The highest BCUT2D eigenvalue weighted by molar-refractivity contribution is 7.91. The van der Waals surface area contributed by atoms with Gasteiger partial charge in [0.1, 0.15) is 0 Å². The molecule has 1 heterocycles. The van der Waals surface area contributed by atoms with Crippen molar-refractivity contribution >= 4 is 15.7 Å². The van der Waals surface area contributed by atoms with Gasteiger partial charge in [-0.2, -0.15) is 0 Å². The van der Waals surface area contributed by atoms with Crippen LogP contribution in [0.25, 0.3) is 0 Å². The third-order valence-corrected chi connectivity index (χ3v) is 4.53. The summed E-state index contributed by atoms with van der Waals surface area (Å²) in [6.07, 6.45) is 1.71. The van der Waals surface area contributed by atoms with Gasteiger partial charge in [-0.15, -0.1) is 6.58 Å². The Morgan fingerprint density at radius 1 is 1.56 bits per heavy atom. The van der Waals surface area contributed by atoms with Gasteiger partial charge in [0.15, 0.2) is 9.84 Å². The van der Waals surface area contributed by atoms with Crippen molar-refractivity contribution < 1.29 is 18.3 Å². The fraction of sp³-hybridized carbons (Fsp3) is 0.727. The molecule has 0 bridgehead atoms. The van der Waals surface area contributed by atoms with Crippen molar-refractivity contribution in [1.82, 2.24) is 10.2 Å². The molecule has 1 amide bonds. The summed E-state index contributed by atoms with van der Waals surface area (Å²) in [6.45, 7) is 4.42. The van der Waals surface area contributed by atoms with Gasteiger partial charge in [0.25, 0.3) is 0 Å². The van der Waals surface area contributed by atoms with Gasteiger partial charge in [-0.3, -0.25) is 4.79 Å². The van der Waals surface area contributed by atoms with Gasteiger partial charge in [-0.05, 0) is 0 Å². The number of amides is 1. The van der Waals surface area contributed by atoms with Crippen molar-refractivity contribution in [2.45, 2.75) is 12.5 Å². The Morgan fingerprint density at radius 3 is 2.83 bits per heavy atom. The molecule has 0 spiro atoms. The quantitative estimate of drug-likeness (QED) is 0.593. The highest BCUT2D eigenvalue weighted by Gasteiger charge is 2.27. The summed E-state index contributed by atoms with van der Waals surface area (Å²) < 4.78 is 22.9. The van der Waals surface area contributed by atoms with E-state index in [2.05, 4.69) is 11.9 Å². The van der Waals surface area contributed by atoms with Crippen LogP contribution in [0.1, 0.15) is 6.42 Å². The zero-order chi connectivity index (χ0) is 13.6. The largest absolute Gasteiger partial charge is 0.395 e. The fourth-order valence-corrected chi connectivity index (χ4v) is 3.38. The number of aliphatic hydroxyl groups is 1. The average molecular weight is 276 g/mol. The average Bonchev–Trinajstić information content (AvgIpc) is 2.27. The summed E-state index contributed by atoms with van der Waals surface area (Å²) >= 11 is 0. The van der Waals surface area contributed by atoms with E-state index in [9.17, 15) is 13.2 Å². The van der Waals surface area contributed by atoms with Crippen LogP contribution in [0.2, 0.25) is 0 Å². The lowest BCUT2D eigenvalue weighted by molar-refractivity contribution is -0.131. The van der Waals surface area contributed by atoms with Crippen molar-refractivity contribution in [3.63, 3.8) is 0 Å². The lowest BCUT2D eigenvalue weighted by Gasteiger charge is -2.26. The van der Waals surface area contributed by atoms with Crippen LogP contribution in [0.4, 0.5) is 0 Å². The van der Waals surface area contributed by atoms with Crippen LogP contribution >= 0.6 is 0 Å². The molecule has 1 fully saturated rings. The van der Waals surface area contributed by atoms with Crippen molar-refractivity contribution in [2.75, 3.05) is 37.7 Å². The maximum absolute atomic E-state index is 11.9. The van der Waals surface area contributed by atoms with E-state index in [0.29, 0.717) is 13.1 Å². The van der Waals surface area contributed by atoms with E-state index in [-0.39, 0.29) is 43.0 Å². The second-order valence-electron chi connectivity index (χ2n) is 4.32. The summed E-state index contributed by atoms with van der Waals surface area (Å²) in [5.41, 5.74) is 0. The zero-order valence-corrected chi connectivity index (χ0v) is 11.2. The molecule has 18 heavy (non-hydrogen) atoms. The van der Waals surface area contributed by atoms with E-state index >= 15 is 0 Å². The van der Waals surface area contributed by atoms with Crippen molar-refractivity contribution in [3.8, 4) is 0 Å². The van der Waals surface area contributed by atoms with E-state index < -0.39 is 9.84 Å². The Morgan fingerprint density at radius 2 is 2.28 bits per heavy atom. The number of carbonyl (C=O) groups is 1. The van der Waals surface area contributed by atoms with E-state index in [1.807, 2.05) is 0 Å². The number of carbonyl (C=O) groups excluding carboxylic acids is 1. The fourth-order valence-electron chi connectivity index (χ4n) is 1.93. The molecule has 0 radical (unpaired) electrons. The maximum atomic E-state index is 11.9. The number of sulfone groups is 1. The first-order chi connectivity index (χ1) is 8.48. The molecule has 1 unspecified atom stereocenters. The summed E-state index contributed by atoms with van der Waals surface area (Å²) in [5, 5.41) is 11.9. The molecule has 1 saturated heterocycles. The number of hydrogen-bond donors (Lipinski definition) is 2. The topological polar surface area (TPSA) is 86.7 Å². The molecule has 0 aromatic heterocycles. The van der Waals surface area contributed by atoms with Crippen LogP contribution in [0.15, 0.2) is 12.7 Å². The molecule has 0 saturated carbocycles. The minimum absolute atomic E-state index is 0.000204. The number of aliphatic hydroxyl groups excluding tert-OH is 1. The van der Waals surface area contributed by atoms with Crippen molar-refractivity contribution in [2.24, 2.45) is 0 Å². The molecule has 104 valence electrons. The summed E-state index contributed by atoms with van der Waals surface area (Å²) in [6, 6.07) is -0.331. The zero-order valence-electron chi connectivity index (χ0n) is 10.3. The molecule has 0 aromatic carbocycles. The van der Waals surface area contributed by atoms with Gasteiger partial charge in [0.05, 0.1) is 18.1 Å². The maximum Gasteiger partial charge on any atom is 0.224 e. The molecule has 6 nitrogen and oxygen atoms in total. The predicted molar refractivity (Wildman–Crippen MR) is 68.9 cm³/mol. The van der Waals surface area contributed by atoms with Crippen LogP contribution in [0, 0.1) is 0 Å². The summed E-state index contributed by atoms with van der Waals surface area (Å²) in [4.78, 5) is 13.4. The van der Waals surface area contributed by atoms with Crippen molar-refractivity contribution in [3.05, 3.63) is 12.7 Å². The molecule has 1 aliphatic heterocycles. The van der Waals surface area contributed by atoms with E-state index in [1.165, 1.54) is 4.90 Å². The minimum atomic E-state index is -3.03. The molecule has 2 N–H and O–H groups in total. The summed E-state index contributed by atoms with van der Waals surface area (Å²) in [7, 11) is -3.03. The van der Waals surface area contributed by atoms with Crippen LogP contribution in [-0.4, -0.2) is 68.1 Å². The minimum Gasteiger partial charge on any atom is -0.395 e. The van der Waals surface area contributed by atoms with Gasteiger partial charge in [-0.25, -0.2) is 8.42 Å². The third kappa shape index (κ3) is 4.75. The van der Waals surface area contributed by atoms with Gasteiger partial charge in [0, 0.05) is 32.1 Å². The Bertz CT molecular complexity index is 394.